The summed E-state index contributed by atoms with van der Waals surface area (Å²) in [5.41, 5.74) is 2.53. The van der Waals surface area contributed by atoms with Crippen molar-refractivity contribution in [3.05, 3.63) is 24.7 Å². The lowest BCUT2D eigenvalue weighted by molar-refractivity contribution is -0.122. The molecule has 6 heteroatoms. The second-order valence-electron chi connectivity index (χ2n) is 7.29. The van der Waals surface area contributed by atoms with Gasteiger partial charge in [0.15, 0.2) is 5.65 Å². The Kier molecular flexibility index (Phi) is 5.46. The highest BCUT2D eigenvalue weighted by Gasteiger charge is 2.27. The molecule has 2 aromatic heterocycles. The quantitative estimate of drug-likeness (QED) is 0.905. The summed E-state index contributed by atoms with van der Waals surface area (Å²) in [4.78, 5) is 27.6. The average Bonchev–Trinajstić information content (AvgIpc) is 2.60. The predicted octanol–water partition coefficient (Wildman–Crippen LogP) is 2.79. The Morgan fingerprint density at radius 3 is 2.84 bits per heavy atom. The minimum Gasteiger partial charge on any atom is -0.367 e. The van der Waals surface area contributed by atoms with E-state index in [0.29, 0.717) is 23.9 Å². The first-order valence-electron chi connectivity index (χ1n) is 9.16. The van der Waals surface area contributed by atoms with E-state index in [-0.39, 0.29) is 11.9 Å². The van der Waals surface area contributed by atoms with Gasteiger partial charge in [0.2, 0.25) is 5.91 Å². The van der Waals surface area contributed by atoms with E-state index in [1.807, 2.05) is 6.07 Å². The molecule has 25 heavy (non-hydrogen) atoms. The van der Waals surface area contributed by atoms with Crippen LogP contribution >= 0.6 is 0 Å². The highest BCUT2D eigenvalue weighted by atomic mass is 16.1. The highest BCUT2D eigenvalue weighted by Crippen LogP contribution is 2.27. The second kappa shape index (κ2) is 7.76. The van der Waals surface area contributed by atoms with Crippen molar-refractivity contribution in [3.8, 4) is 0 Å². The lowest BCUT2D eigenvalue weighted by atomic mass is 9.94. The maximum Gasteiger partial charge on any atom is 0.220 e. The predicted molar refractivity (Wildman–Crippen MR) is 99.3 cm³/mol. The third-order valence-corrected chi connectivity index (χ3v) is 4.95. The fourth-order valence-corrected chi connectivity index (χ4v) is 3.52. The van der Waals surface area contributed by atoms with Crippen molar-refractivity contribution in [1.29, 1.82) is 0 Å². The Hall–Kier alpha value is -2.24. The lowest BCUT2D eigenvalue weighted by Gasteiger charge is -2.38. The third-order valence-electron chi connectivity index (χ3n) is 4.95. The molecule has 3 atom stereocenters. The molecule has 1 saturated heterocycles. The average molecular weight is 341 g/mol. The number of nitrogens with one attached hydrogen (secondary N) is 1. The number of amides is 1. The van der Waals surface area contributed by atoms with Crippen molar-refractivity contribution in [2.75, 3.05) is 18.0 Å². The van der Waals surface area contributed by atoms with E-state index in [9.17, 15) is 4.79 Å². The monoisotopic (exact) mass is 341 g/mol. The Bertz CT molecular complexity index is 729. The minimum atomic E-state index is 0.160. The molecule has 0 unspecified atom stereocenters. The van der Waals surface area contributed by atoms with E-state index < -0.39 is 0 Å². The number of aromatic nitrogens is 3. The summed E-state index contributed by atoms with van der Waals surface area (Å²) in [6.07, 6.45) is 7.79. The van der Waals surface area contributed by atoms with Gasteiger partial charge in [-0.05, 0) is 24.3 Å². The molecule has 0 radical (unpaired) electrons. The number of pyridine rings is 1. The zero-order chi connectivity index (χ0) is 17.8. The molecule has 3 heterocycles. The van der Waals surface area contributed by atoms with Crippen LogP contribution in [0.4, 0.5) is 5.69 Å². The van der Waals surface area contributed by atoms with E-state index in [1.165, 1.54) is 0 Å². The fraction of sp³-hybridized carbons (Fsp3) is 0.579. The maximum absolute atomic E-state index is 12.3. The molecule has 1 fully saturated rings. The first-order valence-corrected chi connectivity index (χ1v) is 9.16. The molecule has 0 saturated carbocycles. The van der Waals surface area contributed by atoms with E-state index in [4.69, 9.17) is 0 Å². The maximum atomic E-state index is 12.3. The van der Waals surface area contributed by atoms with Crippen molar-refractivity contribution < 1.29 is 4.79 Å². The Morgan fingerprint density at radius 1 is 1.28 bits per heavy atom. The summed E-state index contributed by atoms with van der Waals surface area (Å²) in [5.74, 6) is 1.09. The SMILES string of the molecule is CC[C@@H](C)CC(=O)N[C@@H]1C[C@H](C)CN(c2ccnc3nccnc23)C1. The van der Waals surface area contributed by atoms with Crippen molar-refractivity contribution in [2.24, 2.45) is 11.8 Å². The smallest absolute Gasteiger partial charge is 0.220 e. The van der Waals surface area contributed by atoms with Crippen LogP contribution in [0.25, 0.3) is 11.2 Å². The van der Waals surface area contributed by atoms with Crippen molar-refractivity contribution in [1.82, 2.24) is 20.3 Å². The van der Waals surface area contributed by atoms with Crippen LogP contribution in [-0.4, -0.2) is 40.0 Å². The van der Waals surface area contributed by atoms with Gasteiger partial charge in [-0.25, -0.2) is 15.0 Å². The summed E-state index contributed by atoms with van der Waals surface area (Å²) in [6.45, 7) is 8.23. The largest absolute Gasteiger partial charge is 0.367 e. The Morgan fingerprint density at radius 2 is 2.04 bits per heavy atom. The number of hydrogen-bond acceptors (Lipinski definition) is 5. The molecule has 0 aromatic carbocycles. The Balaban J connectivity index is 1.75. The van der Waals surface area contributed by atoms with Gasteiger partial charge in [0.25, 0.3) is 0 Å². The third kappa shape index (κ3) is 4.24. The van der Waals surface area contributed by atoms with E-state index in [0.717, 1.165) is 37.1 Å². The normalized spacial score (nSPS) is 22.0. The number of rotatable bonds is 5. The molecule has 1 amide bonds. The number of nitrogens with zero attached hydrogens (tertiary/aromatic N) is 4. The summed E-state index contributed by atoms with van der Waals surface area (Å²) in [7, 11) is 0. The van der Waals surface area contributed by atoms with Gasteiger partial charge in [0.05, 0.1) is 5.69 Å². The first kappa shape index (κ1) is 17.6. The summed E-state index contributed by atoms with van der Waals surface area (Å²) in [6, 6.07) is 2.16. The number of piperidine rings is 1. The number of fused-ring (bicyclic) bond motifs is 1. The molecular weight excluding hydrogens is 314 g/mol. The van der Waals surface area contributed by atoms with Gasteiger partial charge in [-0.3, -0.25) is 4.79 Å². The lowest BCUT2D eigenvalue weighted by Crippen LogP contribution is -2.50. The first-order chi connectivity index (χ1) is 12.1. The molecule has 1 aliphatic heterocycles. The summed E-state index contributed by atoms with van der Waals surface area (Å²) < 4.78 is 0. The highest BCUT2D eigenvalue weighted by molar-refractivity contribution is 5.85. The van der Waals surface area contributed by atoms with E-state index in [2.05, 4.69) is 45.9 Å². The molecule has 134 valence electrons. The molecule has 0 spiro atoms. The van der Waals surface area contributed by atoms with Crippen LogP contribution in [0.15, 0.2) is 24.7 Å². The molecule has 1 N–H and O–H groups in total. The fourth-order valence-electron chi connectivity index (χ4n) is 3.52. The van der Waals surface area contributed by atoms with Crippen LogP contribution in [0.2, 0.25) is 0 Å². The van der Waals surface area contributed by atoms with Gasteiger partial charge in [-0.1, -0.05) is 27.2 Å². The van der Waals surface area contributed by atoms with Gasteiger partial charge in [-0.2, -0.15) is 0 Å². The minimum absolute atomic E-state index is 0.160. The van der Waals surface area contributed by atoms with Crippen LogP contribution in [0.1, 0.15) is 40.0 Å². The van der Waals surface area contributed by atoms with Crippen LogP contribution in [0.5, 0.6) is 0 Å². The van der Waals surface area contributed by atoms with Crippen LogP contribution in [0.3, 0.4) is 0 Å². The van der Waals surface area contributed by atoms with Gasteiger partial charge < -0.3 is 10.2 Å². The van der Waals surface area contributed by atoms with Crippen LogP contribution < -0.4 is 10.2 Å². The van der Waals surface area contributed by atoms with E-state index >= 15 is 0 Å². The zero-order valence-electron chi connectivity index (χ0n) is 15.3. The van der Waals surface area contributed by atoms with Crippen molar-refractivity contribution >= 4 is 22.8 Å². The number of carbonyl (C=O) groups excluding carboxylic acids is 1. The Labute approximate surface area is 149 Å². The molecule has 1 aliphatic rings. The summed E-state index contributed by atoms with van der Waals surface area (Å²) in [5, 5.41) is 3.23. The van der Waals surface area contributed by atoms with Crippen LogP contribution in [-0.2, 0) is 4.79 Å². The number of carbonyl (C=O) groups is 1. The molecule has 2 aromatic rings. The summed E-state index contributed by atoms with van der Waals surface area (Å²) >= 11 is 0. The zero-order valence-corrected chi connectivity index (χ0v) is 15.3. The van der Waals surface area contributed by atoms with Crippen molar-refractivity contribution in [3.63, 3.8) is 0 Å². The molecule has 0 aliphatic carbocycles. The molecule has 6 nitrogen and oxygen atoms in total. The van der Waals surface area contributed by atoms with Gasteiger partial charge in [-0.15, -0.1) is 0 Å². The van der Waals surface area contributed by atoms with Gasteiger partial charge in [0, 0.05) is 44.1 Å². The standard InChI is InChI=1S/C19H27N5O/c1-4-13(2)10-17(25)23-15-9-14(3)11-24(12-15)16-5-6-21-19-18(16)20-7-8-22-19/h5-8,13-15H,4,9-12H2,1-3H3,(H,23,25)/t13-,14+,15-/m1/s1. The van der Waals surface area contributed by atoms with E-state index in [1.54, 1.807) is 18.6 Å². The molecular formula is C19H27N5O. The molecule has 3 rings (SSSR count). The number of hydrogen-bond donors (Lipinski definition) is 1. The number of anilines is 1. The second-order valence-corrected chi connectivity index (χ2v) is 7.29. The van der Waals surface area contributed by atoms with Crippen LogP contribution in [0, 0.1) is 11.8 Å². The molecule has 0 bridgehead atoms. The van der Waals surface area contributed by atoms with Gasteiger partial charge >= 0.3 is 0 Å². The topological polar surface area (TPSA) is 71.0 Å². The van der Waals surface area contributed by atoms with Gasteiger partial charge in [0.1, 0.15) is 5.52 Å². The van der Waals surface area contributed by atoms with Crippen molar-refractivity contribution in [2.45, 2.75) is 46.1 Å².